The van der Waals surface area contributed by atoms with Crippen molar-refractivity contribution in [1.82, 2.24) is 0 Å². The predicted octanol–water partition coefficient (Wildman–Crippen LogP) is 14.8. The predicted molar refractivity (Wildman–Crippen MR) is 225 cm³/mol. The molecule has 0 amide bonds. The van der Waals surface area contributed by atoms with Crippen LogP contribution in [0.1, 0.15) is 0 Å². The van der Waals surface area contributed by atoms with Gasteiger partial charge in [-0.3, -0.25) is 0 Å². The van der Waals surface area contributed by atoms with E-state index in [9.17, 15) is 0 Å². The molecular formula is C52H30. The number of hydrogen-bond donors (Lipinski definition) is 0. The summed E-state index contributed by atoms with van der Waals surface area (Å²) < 4.78 is 0. The lowest BCUT2D eigenvalue weighted by Crippen LogP contribution is -1.91. The average molecular weight is 655 g/mol. The SMILES string of the molecule is c1ccc(-c2c3cc4c5ccccc5c5cccc(c3c(-c3ccccc3)c3c6cccc7c(-c8ccc9ccccc9c8)ccc(c23)c76)c54)cc1. The van der Waals surface area contributed by atoms with Gasteiger partial charge in [-0.2, -0.15) is 0 Å². The second-order valence-electron chi connectivity index (χ2n) is 14.3. The molecule has 238 valence electrons. The second kappa shape index (κ2) is 10.4. The van der Waals surface area contributed by atoms with Gasteiger partial charge in [0, 0.05) is 0 Å². The zero-order valence-electron chi connectivity index (χ0n) is 28.3. The maximum Gasteiger partial charge on any atom is -0.000719 e. The van der Waals surface area contributed by atoms with Crippen molar-refractivity contribution >= 4 is 86.2 Å². The Morgan fingerprint density at radius 3 is 1.52 bits per heavy atom. The van der Waals surface area contributed by atoms with Crippen LogP contribution in [0.15, 0.2) is 182 Å². The summed E-state index contributed by atoms with van der Waals surface area (Å²) in [5.41, 5.74) is 7.65. The van der Waals surface area contributed by atoms with Gasteiger partial charge in [0.05, 0.1) is 0 Å². The van der Waals surface area contributed by atoms with Gasteiger partial charge in [0.25, 0.3) is 0 Å². The molecule has 0 atom stereocenters. The standard InChI is InChI=1S/C52H30/c1-3-14-32(15-4-1)46-45-30-44-38-20-10-9-19-37(38)40-22-12-23-41(49(40)44)50(45)47(33-16-5-2-6-17-33)52-42-24-11-21-39-36(27-28-43(48(39)42)51(46)52)35-26-25-31-13-7-8-18-34(31)29-35/h1-30H. The van der Waals surface area contributed by atoms with Crippen molar-refractivity contribution in [1.29, 1.82) is 0 Å². The van der Waals surface area contributed by atoms with E-state index in [0.717, 1.165) is 0 Å². The smallest absolute Gasteiger partial charge is 0.000719 e. The van der Waals surface area contributed by atoms with Gasteiger partial charge in [-0.15, -0.1) is 0 Å². The molecule has 0 saturated carbocycles. The minimum absolute atomic E-state index is 1.25. The molecule has 12 rings (SSSR count). The van der Waals surface area contributed by atoms with Crippen LogP contribution in [-0.4, -0.2) is 0 Å². The fourth-order valence-electron chi connectivity index (χ4n) is 9.62. The van der Waals surface area contributed by atoms with E-state index in [0.29, 0.717) is 0 Å². The van der Waals surface area contributed by atoms with Crippen LogP contribution in [0.4, 0.5) is 0 Å². The molecule has 12 aromatic rings. The lowest BCUT2D eigenvalue weighted by molar-refractivity contribution is 1.68. The third-order valence-corrected chi connectivity index (χ3v) is 11.7. The van der Waals surface area contributed by atoms with Crippen LogP contribution in [0.2, 0.25) is 0 Å². The fraction of sp³-hybridized carbons (Fsp3) is 0. The minimum atomic E-state index is 1.25. The molecule has 0 fully saturated rings. The fourth-order valence-corrected chi connectivity index (χ4v) is 9.62. The highest BCUT2D eigenvalue weighted by molar-refractivity contribution is 6.45. The molecule has 0 bridgehead atoms. The summed E-state index contributed by atoms with van der Waals surface area (Å²) in [5, 5.41) is 21.1. The summed E-state index contributed by atoms with van der Waals surface area (Å²) in [5.74, 6) is 0. The van der Waals surface area contributed by atoms with Crippen LogP contribution in [-0.2, 0) is 0 Å². The molecule has 0 heterocycles. The first kappa shape index (κ1) is 28.0. The van der Waals surface area contributed by atoms with E-state index in [-0.39, 0.29) is 0 Å². The topological polar surface area (TPSA) is 0 Å². The van der Waals surface area contributed by atoms with Crippen molar-refractivity contribution in [3.8, 4) is 33.4 Å². The Labute approximate surface area is 300 Å². The quantitative estimate of drug-likeness (QED) is 0.166. The molecule has 0 heteroatoms. The number of rotatable bonds is 3. The first-order valence-corrected chi connectivity index (χ1v) is 18.2. The van der Waals surface area contributed by atoms with Crippen LogP contribution in [0, 0.1) is 0 Å². The zero-order valence-corrected chi connectivity index (χ0v) is 28.3. The molecule has 0 aliphatic carbocycles. The van der Waals surface area contributed by atoms with Crippen molar-refractivity contribution in [3.63, 3.8) is 0 Å². The molecule has 0 aromatic heterocycles. The summed E-state index contributed by atoms with van der Waals surface area (Å²) in [6, 6.07) is 67.9. The Balaban J connectivity index is 1.35. The van der Waals surface area contributed by atoms with E-state index in [1.807, 2.05) is 0 Å². The lowest BCUT2D eigenvalue weighted by Gasteiger charge is -2.19. The van der Waals surface area contributed by atoms with Gasteiger partial charge in [0.2, 0.25) is 0 Å². The number of hydrogen-bond acceptors (Lipinski definition) is 0. The van der Waals surface area contributed by atoms with E-state index in [4.69, 9.17) is 0 Å². The lowest BCUT2D eigenvalue weighted by atomic mass is 9.84. The summed E-state index contributed by atoms with van der Waals surface area (Å²) in [6.45, 7) is 0. The van der Waals surface area contributed by atoms with E-state index < -0.39 is 0 Å². The maximum absolute atomic E-state index is 2.52. The third-order valence-electron chi connectivity index (χ3n) is 11.7. The molecule has 0 spiro atoms. The molecule has 0 nitrogen and oxygen atoms in total. The van der Waals surface area contributed by atoms with Crippen molar-refractivity contribution in [2.75, 3.05) is 0 Å². The van der Waals surface area contributed by atoms with Crippen LogP contribution in [0.3, 0.4) is 0 Å². The van der Waals surface area contributed by atoms with Gasteiger partial charge in [0.1, 0.15) is 0 Å². The van der Waals surface area contributed by atoms with Gasteiger partial charge >= 0.3 is 0 Å². The molecular weight excluding hydrogens is 625 g/mol. The van der Waals surface area contributed by atoms with Gasteiger partial charge in [-0.25, -0.2) is 0 Å². The summed E-state index contributed by atoms with van der Waals surface area (Å²) in [4.78, 5) is 0. The van der Waals surface area contributed by atoms with Crippen molar-refractivity contribution in [2.45, 2.75) is 0 Å². The van der Waals surface area contributed by atoms with Crippen LogP contribution in [0.5, 0.6) is 0 Å². The molecule has 0 unspecified atom stereocenters. The normalized spacial score (nSPS) is 12.2. The van der Waals surface area contributed by atoms with E-state index in [1.165, 1.54) is 120 Å². The van der Waals surface area contributed by atoms with Crippen LogP contribution < -0.4 is 0 Å². The maximum atomic E-state index is 2.52. The third kappa shape index (κ3) is 3.66. The summed E-state index contributed by atoms with van der Waals surface area (Å²) in [7, 11) is 0. The highest BCUT2D eigenvalue weighted by Crippen LogP contribution is 2.55. The molecule has 52 heavy (non-hydrogen) atoms. The summed E-state index contributed by atoms with van der Waals surface area (Å²) in [6.07, 6.45) is 0. The number of benzene rings is 10. The Morgan fingerprint density at radius 1 is 0.212 bits per heavy atom. The van der Waals surface area contributed by atoms with Crippen molar-refractivity contribution in [2.24, 2.45) is 0 Å². The average Bonchev–Trinajstić information content (AvgIpc) is 3.72. The molecule has 12 aromatic carbocycles. The highest BCUT2D eigenvalue weighted by atomic mass is 14.3. The van der Waals surface area contributed by atoms with Crippen LogP contribution >= 0.6 is 0 Å². The zero-order chi connectivity index (χ0) is 33.9. The van der Waals surface area contributed by atoms with Gasteiger partial charge in [0.15, 0.2) is 0 Å². The van der Waals surface area contributed by atoms with E-state index in [2.05, 4.69) is 182 Å². The van der Waals surface area contributed by atoms with Crippen molar-refractivity contribution in [3.05, 3.63) is 182 Å². The molecule has 0 aliphatic rings. The molecule has 0 radical (unpaired) electrons. The summed E-state index contributed by atoms with van der Waals surface area (Å²) >= 11 is 0. The van der Waals surface area contributed by atoms with Crippen LogP contribution in [0.25, 0.3) is 120 Å². The Bertz CT molecular complexity index is 3370. The van der Waals surface area contributed by atoms with Gasteiger partial charge in [-0.05, 0) is 132 Å². The first-order chi connectivity index (χ1) is 25.8. The minimum Gasteiger partial charge on any atom is -0.0622 e. The largest absolute Gasteiger partial charge is 0.0622 e. The van der Waals surface area contributed by atoms with Gasteiger partial charge < -0.3 is 0 Å². The Morgan fingerprint density at radius 2 is 0.750 bits per heavy atom. The molecule has 0 saturated heterocycles. The Kier molecular flexibility index (Phi) is 5.59. The van der Waals surface area contributed by atoms with Gasteiger partial charge in [-0.1, -0.05) is 170 Å². The van der Waals surface area contributed by atoms with E-state index in [1.54, 1.807) is 0 Å². The molecule has 0 aliphatic heterocycles. The van der Waals surface area contributed by atoms with Crippen molar-refractivity contribution < 1.29 is 0 Å². The highest BCUT2D eigenvalue weighted by Gasteiger charge is 2.26. The van der Waals surface area contributed by atoms with E-state index >= 15 is 0 Å². The first-order valence-electron chi connectivity index (χ1n) is 18.2. The monoisotopic (exact) mass is 654 g/mol. The Hall–Kier alpha value is -6.76. The molecule has 0 N–H and O–H groups in total. The second-order valence-corrected chi connectivity index (χ2v) is 14.3. The number of fused-ring (bicyclic) bond motifs is 9.